The zero-order valence-corrected chi connectivity index (χ0v) is 17.5. The van der Waals surface area contributed by atoms with Crippen LogP contribution < -0.4 is 4.90 Å². The Bertz CT molecular complexity index is 955. The second kappa shape index (κ2) is 7.87. The summed E-state index contributed by atoms with van der Waals surface area (Å²) >= 11 is 1.38. The average Bonchev–Trinajstić information content (AvgIpc) is 3.35. The fraction of sp³-hybridized carbons (Fsp3) is 0.526. The van der Waals surface area contributed by atoms with E-state index in [1.807, 2.05) is 30.3 Å². The van der Waals surface area contributed by atoms with Crippen molar-refractivity contribution in [3.05, 3.63) is 36.2 Å². The molecule has 0 bridgehead atoms. The van der Waals surface area contributed by atoms with Crippen LogP contribution in [0.15, 0.2) is 35.5 Å². The summed E-state index contributed by atoms with van der Waals surface area (Å²) in [5.74, 6) is 1.78. The average molecular weight is 421 g/mol. The van der Waals surface area contributed by atoms with Crippen molar-refractivity contribution in [1.29, 1.82) is 0 Å². The Balaban J connectivity index is 1.52. The highest BCUT2D eigenvalue weighted by atomic mass is 32.2. The number of carbonyl (C=O) groups excluding carboxylic acids is 1. The molecule has 1 aliphatic heterocycles. The van der Waals surface area contributed by atoms with Crippen molar-refractivity contribution >= 4 is 33.2 Å². The van der Waals surface area contributed by atoms with Crippen LogP contribution in [0.2, 0.25) is 0 Å². The molecule has 1 atom stereocenters. The van der Waals surface area contributed by atoms with E-state index in [2.05, 4.69) is 21.7 Å². The molecule has 1 aromatic heterocycles. The number of amides is 1. The number of rotatable bonds is 7. The van der Waals surface area contributed by atoms with Crippen molar-refractivity contribution < 1.29 is 13.2 Å². The summed E-state index contributed by atoms with van der Waals surface area (Å²) in [5.41, 5.74) is 0.742. The maximum Gasteiger partial charge on any atom is 0.237 e. The fourth-order valence-electron chi connectivity index (χ4n) is 3.67. The van der Waals surface area contributed by atoms with E-state index in [1.54, 1.807) is 4.90 Å². The normalized spacial score (nSPS) is 21.0. The van der Waals surface area contributed by atoms with Crippen molar-refractivity contribution in [3.8, 4) is 0 Å². The Hall–Kier alpha value is -1.87. The van der Waals surface area contributed by atoms with Crippen molar-refractivity contribution in [3.63, 3.8) is 0 Å². The first-order chi connectivity index (χ1) is 13.5. The number of aromatic nitrogens is 3. The number of para-hydroxylation sites is 1. The van der Waals surface area contributed by atoms with E-state index in [9.17, 15) is 13.2 Å². The molecule has 7 nitrogen and oxygen atoms in total. The van der Waals surface area contributed by atoms with Crippen molar-refractivity contribution in [2.24, 2.45) is 0 Å². The highest BCUT2D eigenvalue weighted by Gasteiger charge is 2.36. The summed E-state index contributed by atoms with van der Waals surface area (Å²) in [4.78, 5) is 14.8. The summed E-state index contributed by atoms with van der Waals surface area (Å²) in [6.45, 7) is 2.83. The molecular weight excluding hydrogens is 396 g/mol. The fourth-order valence-corrected chi connectivity index (χ4v) is 6.24. The molecule has 150 valence electrons. The Morgan fingerprint density at radius 1 is 1.21 bits per heavy atom. The highest BCUT2D eigenvalue weighted by Crippen LogP contribution is 2.40. The molecule has 28 heavy (non-hydrogen) atoms. The van der Waals surface area contributed by atoms with E-state index in [4.69, 9.17) is 0 Å². The molecule has 4 rings (SSSR count). The molecule has 1 saturated carbocycles. The molecule has 9 heteroatoms. The zero-order chi connectivity index (χ0) is 19.7. The third kappa shape index (κ3) is 4.10. The monoisotopic (exact) mass is 420 g/mol. The lowest BCUT2D eigenvalue weighted by Crippen LogP contribution is -2.42. The summed E-state index contributed by atoms with van der Waals surface area (Å²) in [6.07, 6.45) is 2.78. The van der Waals surface area contributed by atoms with Gasteiger partial charge in [0.2, 0.25) is 5.91 Å². The first-order valence-corrected chi connectivity index (χ1v) is 12.4. The number of carbonyl (C=O) groups is 1. The second-order valence-electron chi connectivity index (χ2n) is 7.30. The van der Waals surface area contributed by atoms with E-state index < -0.39 is 9.84 Å². The van der Waals surface area contributed by atoms with E-state index in [0.717, 1.165) is 36.1 Å². The first-order valence-electron chi connectivity index (χ1n) is 9.62. The van der Waals surface area contributed by atoms with Gasteiger partial charge >= 0.3 is 0 Å². The van der Waals surface area contributed by atoms with E-state index in [-0.39, 0.29) is 29.2 Å². The van der Waals surface area contributed by atoms with Crippen molar-refractivity contribution in [2.75, 3.05) is 22.2 Å². The Morgan fingerprint density at radius 2 is 1.96 bits per heavy atom. The molecule has 0 spiro atoms. The van der Waals surface area contributed by atoms with Gasteiger partial charge in [-0.2, -0.15) is 0 Å². The molecule has 1 aromatic carbocycles. The molecule has 1 aliphatic carbocycles. The molecule has 2 aromatic rings. The summed E-state index contributed by atoms with van der Waals surface area (Å²) < 4.78 is 26.0. The quantitative estimate of drug-likeness (QED) is 0.640. The number of benzene rings is 1. The van der Waals surface area contributed by atoms with Gasteiger partial charge in [-0.15, -0.1) is 10.2 Å². The van der Waals surface area contributed by atoms with Gasteiger partial charge in [0, 0.05) is 18.2 Å². The molecular formula is C19H24N4O3S2. The minimum Gasteiger partial charge on any atom is -0.308 e. The number of thioether (sulfide) groups is 1. The van der Waals surface area contributed by atoms with Gasteiger partial charge in [0.1, 0.15) is 5.82 Å². The third-order valence-electron chi connectivity index (χ3n) is 5.21. The van der Waals surface area contributed by atoms with Crippen LogP contribution in [0.5, 0.6) is 0 Å². The van der Waals surface area contributed by atoms with Crippen LogP contribution >= 0.6 is 11.8 Å². The van der Waals surface area contributed by atoms with Crippen LogP contribution in [0.3, 0.4) is 0 Å². The summed E-state index contributed by atoms with van der Waals surface area (Å²) in [5, 5.41) is 9.35. The van der Waals surface area contributed by atoms with E-state index in [0.29, 0.717) is 12.3 Å². The summed E-state index contributed by atoms with van der Waals surface area (Å²) in [6, 6.07) is 9.01. The van der Waals surface area contributed by atoms with Crippen LogP contribution in [-0.4, -0.2) is 52.4 Å². The molecule has 0 radical (unpaired) electrons. The van der Waals surface area contributed by atoms with Crippen LogP contribution in [0.1, 0.15) is 37.9 Å². The maximum atomic E-state index is 13.1. The van der Waals surface area contributed by atoms with Crippen LogP contribution in [0.4, 0.5) is 5.69 Å². The SMILES string of the molecule is CCn1c(SCC(=O)N(c2ccccc2)[C@@H]2CCS(=O)(=O)C2)nnc1C1CC1. The predicted molar refractivity (Wildman–Crippen MR) is 109 cm³/mol. The Kier molecular flexibility index (Phi) is 5.46. The van der Waals surface area contributed by atoms with Gasteiger partial charge in [0.05, 0.1) is 23.3 Å². The minimum atomic E-state index is -3.09. The lowest BCUT2D eigenvalue weighted by molar-refractivity contribution is -0.116. The largest absolute Gasteiger partial charge is 0.308 e. The molecule has 0 unspecified atom stereocenters. The van der Waals surface area contributed by atoms with Gasteiger partial charge in [-0.3, -0.25) is 4.79 Å². The van der Waals surface area contributed by atoms with Gasteiger partial charge in [-0.1, -0.05) is 30.0 Å². The maximum absolute atomic E-state index is 13.1. The predicted octanol–water partition coefficient (Wildman–Crippen LogP) is 2.49. The zero-order valence-electron chi connectivity index (χ0n) is 15.8. The van der Waals surface area contributed by atoms with Crippen LogP contribution in [0.25, 0.3) is 0 Å². The number of sulfone groups is 1. The van der Waals surface area contributed by atoms with Gasteiger partial charge in [0.15, 0.2) is 15.0 Å². The number of hydrogen-bond acceptors (Lipinski definition) is 6. The van der Waals surface area contributed by atoms with Crippen LogP contribution in [0, 0.1) is 0 Å². The second-order valence-corrected chi connectivity index (χ2v) is 10.5. The Morgan fingerprint density at radius 3 is 2.57 bits per heavy atom. The van der Waals surface area contributed by atoms with Gasteiger partial charge < -0.3 is 9.47 Å². The molecule has 2 fully saturated rings. The topological polar surface area (TPSA) is 85.2 Å². The van der Waals surface area contributed by atoms with Gasteiger partial charge in [-0.05, 0) is 38.3 Å². The van der Waals surface area contributed by atoms with E-state index in [1.165, 1.54) is 11.8 Å². The van der Waals surface area contributed by atoms with Crippen LogP contribution in [-0.2, 0) is 21.2 Å². The molecule has 1 amide bonds. The van der Waals surface area contributed by atoms with Crippen molar-refractivity contribution in [1.82, 2.24) is 14.8 Å². The number of hydrogen-bond donors (Lipinski definition) is 0. The van der Waals surface area contributed by atoms with E-state index >= 15 is 0 Å². The first kappa shape index (κ1) is 19.4. The summed E-state index contributed by atoms with van der Waals surface area (Å²) in [7, 11) is -3.09. The lowest BCUT2D eigenvalue weighted by Gasteiger charge is -2.28. The Labute approximate surface area is 169 Å². The third-order valence-corrected chi connectivity index (χ3v) is 7.91. The van der Waals surface area contributed by atoms with Crippen molar-refractivity contribution in [2.45, 2.75) is 49.8 Å². The smallest absolute Gasteiger partial charge is 0.237 e. The lowest BCUT2D eigenvalue weighted by atomic mass is 10.2. The van der Waals surface area contributed by atoms with Gasteiger partial charge in [-0.25, -0.2) is 8.42 Å². The molecule has 2 heterocycles. The standard InChI is InChI=1S/C19H24N4O3S2/c1-2-22-18(14-8-9-14)20-21-19(22)27-12-17(24)23(15-6-4-3-5-7-15)16-10-11-28(25,26)13-16/h3-7,14,16H,2,8-13H2,1H3/t16-/m1/s1. The van der Waals surface area contributed by atoms with Gasteiger partial charge in [0.25, 0.3) is 0 Å². The number of anilines is 1. The number of nitrogens with zero attached hydrogens (tertiary/aromatic N) is 4. The minimum absolute atomic E-state index is 0.0231. The molecule has 2 aliphatic rings. The molecule has 1 saturated heterocycles. The molecule has 0 N–H and O–H groups in total. The highest BCUT2D eigenvalue weighted by molar-refractivity contribution is 7.99.